The summed E-state index contributed by atoms with van der Waals surface area (Å²) in [6.45, 7) is 10.7. The van der Waals surface area contributed by atoms with E-state index < -0.39 is 0 Å². The Balaban J connectivity index is 2.67. The second-order valence-corrected chi connectivity index (χ2v) is 7.17. The fourth-order valence-corrected chi connectivity index (χ4v) is 2.82. The van der Waals surface area contributed by atoms with E-state index in [1.54, 1.807) is 0 Å². The maximum atomic E-state index is 11.6. The molecule has 0 N–H and O–H groups in total. The van der Waals surface area contributed by atoms with Gasteiger partial charge in [-0.2, -0.15) is 0 Å². The van der Waals surface area contributed by atoms with Crippen LogP contribution in [0.1, 0.15) is 46.6 Å². The Morgan fingerprint density at radius 3 is 2.42 bits per heavy atom. The lowest BCUT2D eigenvalue weighted by Crippen LogP contribution is -2.14. The van der Waals surface area contributed by atoms with Crippen LogP contribution in [0.15, 0.2) is 22.7 Å². The Morgan fingerprint density at radius 1 is 1.32 bits per heavy atom. The first kappa shape index (κ1) is 16.2. The van der Waals surface area contributed by atoms with Crippen LogP contribution in [-0.4, -0.2) is 12.4 Å². The van der Waals surface area contributed by atoms with Crippen molar-refractivity contribution in [3.8, 4) is 5.75 Å². The fraction of sp³-hybridized carbons (Fsp3) is 0.562. The van der Waals surface area contributed by atoms with Gasteiger partial charge in [0, 0.05) is 10.9 Å². The van der Waals surface area contributed by atoms with Crippen LogP contribution < -0.4 is 4.74 Å². The summed E-state index contributed by atoms with van der Waals surface area (Å²) in [5.41, 5.74) is 1.32. The molecule has 0 saturated heterocycles. The van der Waals surface area contributed by atoms with Crippen molar-refractivity contribution in [3.63, 3.8) is 0 Å². The van der Waals surface area contributed by atoms with Crippen LogP contribution >= 0.6 is 15.9 Å². The number of rotatable bonds is 5. The highest BCUT2D eigenvalue weighted by Gasteiger charge is 2.17. The van der Waals surface area contributed by atoms with E-state index in [0.29, 0.717) is 12.3 Å². The van der Waals surface area contributed by atoms with E-state index in [4.69, 9.17) is 4.74 Å². The van der Waals surface area contributed by atoms with Crippen molar-refractivity contribution in [1.29, 1.82) is 0 Å². The van der Waals surface area contributed by atoms with Crippen LogP contribution in [0.2, 0.25) is 0 Å². The molecule has 0 saturated carbocycles. The van der Waals surface area contributed by atoms with Gasteiger partial charge in [-0.1, -0.05) is 56.6 Å². The molecule has 0 fully saturated rings. The van der Waals surface area contributed by atoms with E-state index in [0.717, 1.165) is 10.2 Å². The molecule has 106 valence electrons. The van der Waals surface area contributed by atoms with Crippen LogP contribution in [-0.2, 0) is 10.2 Å². The lowest BCUT2D eigenvalue weighted by atomic mass is 9.87. The second-order valence-electron chi connectivity index (χ2n) is 6.32. The molecule has 0 aromatic heterocycles. The number of ether oxygens (including phenoxy) is 1. The third-order valence-electron chi connectivity index (χ3n) is 2.78. The van der Waals surface area contributed by atoms with Crippen LogP contribution in [0.4, 0.5) is 0 Å². The smallest absolute Gasteiger partial charge is 0.170 e. The van der Waals surface area contributed by atoms with E-state index in [-0.39, 0.29) is 17.8 Å². The Hall–Kier alpha value is -0.830. The highest BCUT2D eigenvalue weighted by Crippen LogP contribution is 2.32. The topological polar surface area (TPSA) is 26.3 Å². The van der Waals surface area contributed by atoms with Crippen molar-refractivity contribution in [2.24, 2.45) is 5.92 Å². The van der Waals surface area contributed by atoms with E-state index >= 15 is 0 Å². The zero-order chi connectivity index (χ0) is 14.6. The number of hydrogen-bond donors (Lipinski definition) is 0. The van der Waals surface area contributed by atoms with E-state index in [9.17, 15) is 4.79 Å². The Bertz CT molecular complexity index is 445. The number of ketones is 1. The summed E-state index contributed by atoms with van der Waals surface area (Å²) in [5, 5.41) is 0. The van der Waals surface area contributed by atoms with Crippen LogP contribution in [0.3, 0.4) is 0 Å². The predicted octanol–water partition coefficient (Wildman–Crippen LogP) is 4.74. The fourth-order valence-electron chi connectivity index (χ4n) is 1.87. The van der Waals surface area contributed by atoms with Gasteiger partial charge < -0.3 is 4.74 Å². The third-order valence-corrected chi connectivity index (χ3v) is 3.44. The first-order valence-electron chi connectivity index (χ1n) is 6.64. The molecule has 1 aromatic rings. The number of Topliss-reactive ketones (excluding diaryl/α,β-unsaturated/α-hetero) is 1. The van der Waals surface area contributed by atoms with Crippen molar-refractivity contribution >= 4 is 21.7 Å². The SMILES string of the molecule is CC(C)CC(=O)COc1ccc(C(C)(C)C)c(Br)c1. The van der Waals surface area contributed by atoms with E-state index in [1.807, 2.05) is 32.0 Å². The number of carbonyl (C=O) groups excluding carboxylic acids is 1. The van der Waals surface area contributed by atoms with Gasteiger partial charge in [0.2, 0.25) is 0 Å². The van der Waals surface area contributed by atoms with Gasteiger partial charge in [0.25, 0.3) is 0 Å². The van der Waals surface area contributed by atoms with Crippen molar-refractivity contribution in [2.75, 3.05) is 6.61 Å². The summed E-state index contributed by atoms with van der Waals surface area (Å²) in [4.78, 5) is 11.6. The van der Waals surface area contributed by atoms with Crippen molar-refractivity contribution in [2.45, 2.75) is 46.5 Å². The summed E-state index contributed by atoms with van der Waals surface area (Å²) < 4.78 is 6.56. The zero-order valence-corrected chi connectivity index (χ0v) is 14.0. The van der Waals surface area contributed by atoms with Gasteiger partial charge in [0.15, 0.2) is 5.78 Å². The zero-order valence-electron chi connectivity index (χ0n) is 12.4. The minimum Gasteiger partial charge on any atom is -0.486 e. The summed E-state index contributed by atoms with van der Waals surface area (Å²) in [5.74, 6) is 1.26. The lowest BCUT2D eigenvalue weighted by molar-refractivity contribution is -0.121. The summed E-state index contributed by atoms with van der Waals surface area (Å²) in [6, 6.07) is 5.91. The third kappa shape index (κ3) is 5.35. The minimum absolute atomic E-state index is 0.0881. The molecular weight excluding hydrogens is 304 g/mol. The standard InChI is InChI=1S/C16H23BrO2/c1-11(2)8-12(18)10-19-13-6-7-14(15(17)9-13)16(3,4)5/h6-7,9,11H,8,10H2,1-5H3. The normalized spacial score (nSPS) is 11.7. The molecule has 0 amide bonds. The van der Waals surface area contributed by atoms with Crippen LogP contribution in [0, 0.1) is 5.92 Å². The molecule has 0 bridgehead atoms. The van der Waals surface area contributed by atoms with E-state index in [2.05, 4.69) is 36.7 Å². The molecule has 0 aliphatic rings. The average Bonchev–Trinajstić information content (AvgIpc) is 2.23. The van der Waals surface area contributed by atoms with Crippen LogP contribution in [0.25, 0.3) is 0 Å². The molecule has 0 aliphatic heterocycles. The number of benzene rings is 1. The molecular formula is C16H23BrO2. The lowest BCUT2D eigenvalue weighted by Gasteiger charge is -2.21. The largest absolute Gasteiger partial charge is 0.486 e. The molecule has 19 heavy (non-hydrogen) atoms. The first-order valence-corrected chi connectivity index (χ1v) is 7.44. The van der Waals surface area contributed by atoms with Gasteiger partial charge in [-0.15, -0.1) is 0 Å². The molecule has 0 atom stereocenters. The number of hydrogen-bond acceptors (Lipinski definition) is 2. The second kappa shape index (κ2) is 6.56. The maximum absolute atomic E-state index is 11.6. The number of carbonyl (C=O) groups is 1. The molecule has 2 nitrogen and oxygen atoms in total. The van der Waals surface area contributed by atoms with Gasteiger partial charge in [0.1, 0.15) is 12.4 Å². The first-order chi connectivity index (χ1) is 8.70. The molecule has 0 unspecified atom stereocenters. The van der Waals surface area contributed by atoms with Crippen LogP contribution in [0.5, 0.6) is 5.75 Å². The number of halogens is 1. The molecule has 0 radical (unpaired) electrons. The van der Waals surface area contributed by atoms with Gasteiger partial charge in [0.05, 0.1) is 0 Å². The van der Waals surface area contributed by atoms with Crippen molar-refractivity contribution in [3.05, 3.63) is 28.2 Å². The monoisotopic (exact) mass is 326 g/mol. The minimum atomic E-state index is 0.0881. The molecule has 1 rings (SSSR count). The predicted molar refractivity (Wildman–Crippen MR) is 82.8 cm³/mol. The molecule has 0 aliphatic carbocycles. The van der Waals surface area contributed by atoms with Gasteiger partial charge >= 0.3 is 0 Å². The summed E-state index contributed by atoms with van der Waals surface area (Å²) in [6.07, 6.45) is 0.571. The Kier molecular flexibility index (Phi) is 5.60. The summed E-state index contributed by atoms with van der Waals surface area (Å²) in [7, 11) is 0. The molecule has 0 spiro atoms. The molecule has 1 aromatic carbocycles. The molecule has 0 heterocycles. The molecule has 3 heteroatoms. The highest BCUT2D eigenvalue weighted by atomic mass is 79.9. The van der Waals surface area contributed by atoms with Crippen molar-refractivity contribution in [1.82, 2.24) is 0 Å². The highest BCUT2D eigenvalue weighted by molar-refractivity contribution is 9.10. The Morgan fingerprint density at radius 2 is 1.95 bits per heavy atom. The average molecular weight is 327 g/mol. The van der Waals surface area contributed by atoms with Gasteiger partial charge in [-0.3, -0.25) is 4.79 Å². The maximum Gasteiger partial charge on any atom is 0.170 e. The van der Waals surface area contributed by atoms with Gasteiger partial charge in [-0.05, 0) is 29.0 Å². The quantitative estimate of drug-likeness (QED) is 0.781. The summed E-state index contributed by atoms with van der Waals surface area (Å²) >= 11 is 3.57. The van der Waals surface area contributed by atoms with Crippen molar-refractivity contribution < 1.29 is 9.53 Å². The van der Waals surface area contributed by atoms with E-state index in [1.165, 1.54) is 5.56 Å². The Labute approximate surface area is 124 Å². The van der Waals surface area contributed by atoms with Gasteiger partial charge in [-0.25, -0.2) is 0 Å².